The summed E-state index contributed by atoms with van der Waals surface area (Å²) in [5, 5.41) is 7.63. The van der Waals surface area contributed by atoms with Gasteiger partial charge >= 0.3 is 0 Å². The lowest BCUT2D eigenvalue weighted by Crippen LogP contribution is -2.36. The topological polar surface area (TPSA) is 125 Å². The van der Waals surface area contributed by atoms with Gasteiger partial charge in [-0.1, -0.05) is 0 Å². The minimum Gasteiger partial charge on any atom is -0.495 e. The summed E-state index contributed by atoms with van der Waals surface area (Å²) >= 11 is 1.59. The first-order valence-corrected chi connectivity index (χ1v) is 9.00. The Kier molecular flexibility index (Phi) is 6.46. The van der Waals surface area contributed by atoms with E-state index in [1.54, 1.807) is 11.8 Å². The molecule has 0 unspecified atom stereocenters. The van der Waals surface area contributed by atoms with Crippen LogP contribution in [-0.2, 0) is 14.8 Å². The lowest BCUT2D eigenvalue weighted by atomic mass is 10.2. The zero-order valence-corrected chi connectivity index (χ0v) is 13.5. The Hall–Kier alpha value is -1.29. The predicted molar refractivity (Wildman–Crippen MR) is 84.0 cm³/mol. The number of thioether (sulfide) groups is 1. The van der Waals surface area contributed by atoms with Crippen LogP contribution >= 0.6 is 11.8 Å². The molecule has 7 nitrogen and oxygen atoms in total. The standard InChI is InChI=1S/C12H19N3O4S2/c1-19-11-4-3-8(21(14,17)18)7-10(11)15-12(16)9(13)5-6-20-2/h3-4,7,9H,5-6,13H2,1-2H3,(H,15,16)(H2,14,17,18)/t9-/m0/s1. The van der Waals surface area contributed by atoms with E-state index in [2.05, 4.69) is 5.32 Å². The molecule has 0 spiro atoms. The second-order valence-electron chi connectivity index (χ2n) is 4.28. The number of benzene rings is 1. The van der Waals surface area contributed by atoms with Crippen LogP contribution < -0.4 is 20.9 Å². The second kappa shape index (κ2) is 7.64. The molecule has 0 aliphatic heterocycles. The monoisotopic (exact) mass is 333 g/mol. The highest BCUT2D eigenvalue weighted by Crippen LogP contribution is 2.27. The van der Waals surface area contributed by atoms with E-state index < -0.39 is 22.0 Å². The molecular formula is C12H19N3O4S2. The quantitative estimate of drug-likeness (QED) is 0.662. The molecule has 0 aromatic heterocycles. The molecule has 1 rings (SSSR count). The van der Waals surface area contributed by atoms with Crippen LogP contribution in [0, 0.1) is 0 Å². The number of anilines is 1. The maximum atomic E-state index is 12.0. The number of rotatable bonds is 7. The molecule has 9 heteroatoms. The molecule has 1 aromatic rings. The third kappa shape index (κ3) is 5.20. The van der Waals surface area contributed by atoms with Gasteiger partial charge in [0.25, 0.3) is 0 Å². The van der Waals surface area contributed by atoms with Crippen molar-refractivity contribution in [2.45, 2.75) is 17.4 Å². The lowest BCUT2D eigenvalue weighted by Gasteiger charge is -2.14. The number of primary sulfonamides is 1. The third-order valence-corrected chi connectivity index (χ3v) is 4.28. The third-order valence-electron chi connectivity index (χ3n) is 2.73. The molecule has 0 heterocycles. The summed E-state index contributed by atoms with van der Waals surface area (Å²) in [4.78, 5) is 11.9. The van der Waals surface area contributed by atoms with Crippen molar-refractivity contribution in [3.63, 3.8) is 0 Å². The van der Waals surface area contributed by atoms with Crippen molar-refractivity contribution in [3.8, 4) is 5.75 Å². The SMILES string of the molecule is COc1ccc(S(N)(=O)=O)cc1NC(=O)[C@@H](N)CCSC. The van der Waals surface area contributed by atoms with Crippen molar-refractivity contribution in [3.05, 3.63) is 18.2 Å². The number of methoxy groups -OCH3 is 1. The summed E-state index contributed by atoms with van der Waals surface area (Å²) < 4.78 is 27.8. The number of carbonyl (C=O) groups excluding carboxylic acids is 1. The van der Waals surface area contributed by atoms with Gasteiger partial charge in [0.05, 0.1) is 23.7 Å². The van der Waals surface area contributed by atoms with Gasteiger partial charge in [0, 0.05) is 0 Å². The molecule has 0 saturated carbocycles. The zero-order chi connectivity index (χ0) is 16.0. The number of ether oxygens (including phenoxy) is 1. The Morgan fingerprint density at radius 2 is 2.14 bits per heavy atom. The summed E-state index contributed by atoms with van der Waals surface area (Å²) in [6.45, 7) is 0. The van der Waals surface area contributed by atoms with Crippen molar-refractivity contribution in [1.82, 2.24) is 0 Å². The largest absolute Gasteiger partial charge is 0.495 e. The van der Waals surface area contributed by atoms with E-state index in [9.17, 15) is 13.2 Å². The normalized spacial score (nSPS) is 12.8. The van der Waals surface area contributed by atoms with Gasteiger partial charge in [-0.3, -0.25) is 4.79 Å². The van der Waals surface area contributed by atoms with Crippen molar-refractivity contribution in [1.29, 1.82) is 0 Å². The highest BCUT2D eigenvalue weighted by Gasteiger charge is 2.17. The van der Waals surface area contributed by atoms with Crippen molar-refractivity contribution < 1.29 is 17.9 Å². The van der Waals surface area contributed by atoms with Gasteiger partial charge in [-0.15, -0.1) is 0 Å². The average Bonchev–Trinajstić information content (AvgIpc) is 2.43. The Balaban J connectivity index is 2.98. The fourth-order valence-electron chi connectivity index (χ4n) is 1.56. The summed E-state index contributed by atoms with van der Waals surface area (Å²) in [5.41, 5.74) is 5.97. The zero-order valence-electron chi connectivity index (χ0n) is 11.8. The lowest BCUT2D eigenvalue weighted by molar-refractivity contribution is -0.117. The second-order valence-corrected chi connectivity index (χ2v) is 6.83. The minimum atomic E-state index is -3.86. The van der Waals surface area contributed by atoms with Crippen molar-refractivity contribution in [2.75, 3.05) is 24.4 Å². The van der Waals surface area contributed by atoms with Gasteiger partial charge in [0.15, 0.2) is 0 Å². The van der Waals surface area contributed by atoms with E-state index in [0.717, 1.165) is 5.75 Å². The number of nitrogens with two attached hydrogens (primary N) is 2. The molecule has 0 bridgehead atoms. The summed E-state index contributed by atoms with van der Waals surface area (Å²) in [7, 11) is -2.45. The number of nitrogens with one attached hydrogen (secondary N) is 1. The fraction of sp³-hybridized carbons (Fsp3) is 0.417. The van der Waals surface area contributed by atoms with Crippen molar-refractivity contribution >= 4 is 33.4 Å². The smallest absolute Gasteiger partial charge is 0.241 e. The Labute approximate surface area is 128 Å². The molecule has 0 saturated heterocycles. The van der Waals surface area contributed by atoms with Crippen LogP contribution in [0.5, 0.6) is 5.75 Å². The maximum absolute atomic E-state index is 12.0. The molecular weight excluding hydrogens is 314 g/mol. The molecule has 118 valence electrons. The first-order chi connectivity index (χ1) is 9.79. The Bertz CT molecular complexity index is 605. The molecule has 0 fully saturated rings. The van der Waals surface area contributed by atoms with Crippen molar-refractivity contribution in [2.24, 2.45) is 10.9 Å². The fourth-order valence-corrected chi connectivity index (χ4v) is 2.59. The molecule has 0 radical (unpaired) electrons. The highest BCUT2D eigenvalue weighted by atomic mass is 32.2. The molecule has 1 atom stereocenters. The van der Waals surface area contributed by atoms with E-state index >= 15 is 0 Å². The van der Waals surface area contributed by atoms with Gasteiger partial charge in [-0.2, -0.15) is 11.8 Å². The summed E-state index contributed by atoms with van der Waals surface area (Å²) in [6.07, 6.45) is 2.44. The molecule has 0 aliphatic carbocycles. The van der Waals surface area contributed by atoms with Crippen LogP contribution in [0.3, 0.4) is 0 Å². The predicted octanol–water partition coefficient (Wildman–Crippen LogP) is 0.362. The number of hydrogen-bond acceptors (Lipinski definition) is 6. The molecule has 21 heavy (non-hydrogen) atoms. The minimum absolute atomic E-state index is 0.115. The van der Waals surface area contributed by atoms with Crippen LogP contribution in [0.2, 0.25) is 0 Å². The van der Waals surface area contributed by atoms with E-state index in [4.69, 9.17) is 15.6 Å². The van der Waals surface area contributed by atoms with Crippen LogP contribution in [0.15, 0.2) is 23.1 Å². The van der Waals surface area contributed by atoms with E-state index in [-0.39, 0.29) is 10.6 Å². The Morgan fingerprint density at radius 3 is 2.67 bits per heavy atom. The van der Waals surface area contributed by atoms with Gasteiger partial charge in [-0.05, 0) is 36.6 Å². The molecule has 1 aromatic carbocycles. The average molecular weight is 333 g/mol. The van der Waals surface area contributed by atoms with Gasteiger partial charge in [-0.25, -0.2) is 13.6 Å². The number of hydrogen-bond donors (Lipinski definition) is 3. The highest BCUT2D eigenvalue weighted by molar-refractivity contribution is 7.98. The Morgan fingerprint density at radius 1 is 1.48 bits per heavy atom. The van der Waals surface area contributed by atoms with Crippen LogP contribution in [0.1, 0.15) is 6.42 Å². The summed E-state index contributed by atoms with van der Waals surface area (Å²) in [6, 6.07) is 3.29. The number of amides is 1. The van der Waals surface area contributed by atoms with E-state index in [0.29, 0.717) is 12.2 Å². The number of sulfonamides is 1. The van der Waals surface area contributed by atoms with Gasteiger partial charge in [0.2, 0.25) is 15.9 Å². The number of carbonyl (C=O) groups is 1. The van der Waals surface area contributed by atoms with Gasteiger partial charge in [0.1, 0.15) is 5.75 Å². The van der Waals surface area contributed by atoms with E-state index in [1.807, 2.05) is 6.26 Å². The summed E-state index contributed by atoms with van der Waals surface area (Å²) in [5.74, 6) is 0.671. The van der Waals surface area contributed by atoms with Crippen LogP contribution in [0.25, 0.3) is 0 Å². The van der Waals surface area contributed by atoms with Crippen LogP contribution in [-0.4, -0.2) is 39.5 Å². The van der Waals surface area contributed by atoms with Gasteiger partial charge < -0.3 is 15.8 Å². The molecule has 0 aliphatic rings. The first kappa shape index (κ1) is 17.8. The maximum Gasteiger partial charge on any atom is 0.241 e. The van der Waals surface area contributed by atoms with E-state index in [1.165, 1.54) is 25.3 Å². The first-order valence-electron chi connectivity index (χ1n) is 6.05. The molecule has 5 N–H and O–H groups in total. The van der Waals surface area contributed by atoms with Crippen LogP contribution in [0.4, 0.5) is 5.69 Å². The molecule has 1 amide bonds.